The Morgan fingerprint density at radius 2 is 2.10 bits per heavy atom. The highest BCUT2D eigenvalue weighted by Gasteiger charge is 2.42. The van der Waals surface area contributed by atoms with Crippen molar-refractivity contribution < 1.29 is 13.2 Å². The maximum absolute atomic E-state index is 12.9. The van der Waals surface area contributed by atoms with Gasteiger partial charge in [-0.15, -0.1) is 0 Å². The van der Waals surface area contributed by atoms with Gasteiger partial charge in [0.2, 0.25) is 0 Å². The predicted octanol–water partition coefficient (Wildman–Crippen LogP) is 3.86. The SMILES string of the molecule is NC(=S)c1cc(Br)ccc1N1CCCC(C(F)(F)F)C1. The van der Waals surface area contributed by atoms with E-state index in [1.807, 2.05) is 0 Å². The maximum atomic E-state index is 12.9. The number of thiocarbonyl (C=S) groups is 1. The second kappa shape index (κ2) is 5.89. The molecule has 1 aromatic carbocycles. The Morgan fingerprint density at radius 1 is 1.40 bits per heavy atom. The third kappa shape index (κ3) is 3.44. The fraction of sp³-hybridized carbons (Fsp3) is 0.462. The van der Waals surface area contributed by atoms with E-state index in [4.69, 9.17) is 18.0 Å². The molecule has 1 aliphatic heterocycles. The molecule has 20 heavy (non-hydrogen) atoms. The summed E-state index contributed by atoms with van der Waals surface area (Å²) in [6.07, 6.45) is -3.46. The molecule has 0 spiro atoms. The summed E-state index contributed by atoms with van der Waals surface area (Å²) in [5.41, 5.74) is 6.96. The summed E-state index contributed by atoms with van der Waals surface area (Å²) < 4.78 is 39.4. The van der Waals surface area contributed by atoms with Crippen LogP contribution in [0.5, 0.6) is 0 Å². The molecule has 0 radical (unpaired) electrons. The molecule has 110 valence electrons. The minimum atomic E-state index is -4.16. The van der Waals surface area contributed by atoms with Crippen molar-refractivity contribution in [3.63, 3.8) is 0 Å². The molecule has 1 heterocycles. The fourth-order valence-electron chi connectivity index (χ4n) is 2.44. The number of nitrogens with two attached hydrogens (primary N) is 1. The largest absolute Gasteiger partial charge is 0.393 e. The first kappa shape index (κ1) is 15.6. The molecule has 2 N–H and O–H groups in total. The van der Waals surface area contributed by atoms with Crippen LogP contribution in [0.1, 0.15) is 18.4 Å². The van der Waals surface area contributed by atoms with Crippen LogP contribution in [0.4, 0.5) is 18.9 Å². The molecule has 1 fully saturated rings. The third-order valence-electron chi connectivity index (χ3n) is 3.45. The van der Waals surface area contributed by atoms with Crippen molar-refractivity contribution >= 4 is 38.8 Å². The smallest absolute Gasteiger partial charge is 0.389 e. The highest BCUT2D eigenvalue weighted by Crippen LogP contribution is 2.36. The monoisotopic (exact) mass is 366 g/mol. The second-order valence-corrected chi connectivity index (χ2v) is 6.21. The van der Waals surface area contributed by atoms with Crippen LogP contribution in [0.2, 0.25) is 0 Å². The number of benzene rings is 1. The van der Waals surface area contributed by atoms with Gasteiger partial charge in [0.25, 0.3) is 0 Å². The summed E-state index contributed by atoms with van der Waals surface area (Å²) >= 11 is 8.31. The molecule has 1 saturated heterocycles. The van der Waals surface area contributed by atoms with Crippen molar-refractivity contribution in [1.29, 1.82) is 0 Å². The van der Waals surface area contributed by atoms with Crippen LogP contribution in [-0.4, -0.2) is 24.3 Å². The normalized spacial score (nSPS) is 20.0. The lowest BCUT2D eigenvalue weighted by molar-refractivity contribution is -0.175. The zero-order valence-electron chi connectivity index (χ0n) is 10.6. The molecule has 1 aliphatic rings. The number of piperidine rings is 1. The Balaban J connectivity index is 2.29. The van der Waals surface area contributed by atoms with Gasteiger partial charge in [-0.05, 0) is 31.0 Å². The van der Waals surface area contributed by atoms with Crippen molar-refractivity contribution in [3.8, 4) is 0 Å². The summed E-state index contributed by atoms with van der Waals surface area (Å²) in [5.74, 6) is -1.29. The number of halogens is 4. The van der Waals surface area contributed by atoms with E-state index in [0.29, 0.717) is 24.2 Å². The van der Waals surface area contributed by atoms with Gasteiger partial charge in [-0.1, -0.05) is 28.1 Å². The Bertz CT molecular complexity index is 519. The molecule has 1 unspecified atom stereocenters. The summed E-state index contributed by atoms with van der Waals surface area (Å²) in [5, 5.41) is 0. The van der Waals surface area contributed by atoms with Gasteiger partial charge in [0.15, 0.2) is 0 Å². The zero-order chi connectivity index (χ0) is 14.9. The molecule has 0 saturated carbocycles. The molecular weight excluding hydrogens is 353 g/mol. The van der Waals surface area contributed by atoms with Gasteiger partial charge in [-0.25, -0.2) is 0 Å². The molecule has 0 aromatic heterocycles. The van der Waals surface area contributed by atoms with E-state index >= 15 is 0 Å². The van der Waals surface area contributed by atoms with E-state index in [0.717, 1.165) is 4.47 Å². The quantitative estimate of drug-likeness (QED) is 0.805. The van der Waals surface area contributed by atoms with Gasteiger partial charge in [-0.2, -0.15) is 13.2 Å². The topological polar surface area (TPSA) is 29.3 Å². The number of hydrogen-bond acceptors (Lipinski definition) is 2. The van der Waals surface area contributed by atoms with Crippen LogP contribution in [0.3, 0.4) is 0 Å². The summed E-state index contributed by atoms with van der Waals surface area (Å²) in [6.45, 7) is 0.546. The highest BCUT2D eigenvalue weighted by atomic mass is 79.9. The minimum absolute atomic E-state index is 0.0409. The molecule has 0 aliphatic carbocycles. The van der Waals surface area contributed by atoms with Gasteiger partial charge < -0.3 is 10.6 Å². The molecule has 1 aromatic rings. The first-order valence-electron chi connectivity index (χ1n) is 6.20. The zero-order valence-corrected chi connectivity index (χ0v) is 13.0. The van der Waals surface area contributed by atoms with Gasteiger partial charge in [0, 0.05) is 28.8 Å². The van der Waals surface area contributed by atoms with Crippen molar-refractivity contribution in [1.82, 2.24) is 0 Å². The first-order valence-corrected chi connectivity index (χ1v) is 7.40. The van der Waals surface area contributed by atoms with Gasteiger partial charge in [0.1, 0.15) is 4.99 Å². The second-order valence-electron chi connectivity index (χ2n) is 4.85. The predicted molar refractivity (Wildman–Crippen MR) is 81.0 cm³/mol. The lowest BCUT2D eigenvalue weighted by atomic mass is 9.96. The summed E-state index contributed by atoms with van der Waals surface area (Å²) in [7, 11) is 0. The lowest BCUT2D eigenvalue weighted by Crippen LogP contribution is -2.42. The van der Waals surface area contributed by atoms with E-state index < -0.39 is 12.1 Å². The van der Waals surface area contributed by atoms with Crippen LogP contribution >= 0.6 is 28.1 Å². The van der Waals surface area contributed by atoms with Crippen molar-refractivity contribution in [2.45, 2.75) is 19.0 Å². The van der Waals surface area contributed by atoms with Crippen LogP contribution in [0.15, 0.2) is 22.7 Å². The Hall–Kier alpha value is -0.820. The van der Waals surface area contributed by atoms with E-state index in [-0.39, 0.29) is 18.0 Å². The molecular formula is C13H14BrF3N2S. The third-order valence-corrected chi connectivity index (χ3v) is 4.16. The van der Waals surface area contributed by atoms with E-state index in [1.54, 1.807) is 23.1 Å². The summed E-state index contributed by atoms with van der Waals surface area (Å²) in [6, 6.07) is 5.29. The lowest BCUT2D eigenvalue weighted by Gasteiger charge is -2.36. The van der Waals surface area contributed by atoms with Crippen LogP contribution in [0, 0.1) is 5.92 Å². The Morgan fingerprint density at radius 3 is 2.70 bits per heavy atom. The first-order chi connectivity index (χ1) is 9.29. The number of anilines is 1. The van der Waals surface area contributed by atoms with Crippen molar-refractivity contribution in [2.24, 2.45) is 11.7 Å². The van der Waals surface area contributed by atoms with Gasteiger partial charge in [-0.3, -0.25) is 0 Å². The minimum Gasteiger partial charge on any atom is -0.389 e. The fourth-order valence-corrected chi connectivity index (χ4v) is 2.97. The average Bonchev–Trinajstić information content (AvgIpc) is 2.37. The Labute approximate surface area is 129 Å². The van der Waals surface area contributed by atoms with E-state index in [9.17, 15) is 13.2 Å². The summed E-state index contributed by atoms with van der Waals surface area (Å²) in [4.78, 5) is 1.92. The molecule has 0 amide bonds. The number of alkyl halides is 3. The van der Waals surface area contributed by atoms with Crippen molar-refractivity contribution in [2.75, 3.05) is 18.0 Å². The maximum Gasteiger partial charge on any atom is 0.393 e. The number of rotatable bonds is 2. The average molecular weight is 367 g/mol. The van der Waals surface area contributed by atoms with Crippen LogP contribution in [-0.2, 0) is 0 Å². The van der Waals surface area contributed by atoms with Gasteiger partial charge >= 0.3 is 6.18 Å². The van der Waals surface area contributed by atoms with E-state index in [2.05, 4.69) is 15.9 Å². The van der Waals surface area contributed by atoms with Gasteiger partial charge in [0.05, 0.1) is 5.92 Å². The molecule has 7 heteroatoms. The molecule has 1 atom stereocenters. The number of nitrogens with zero attached hydrogens (tertiary/aromatic N) is 1. The standard InChI is InChI=1S/C13H14BrF3N2S/c14-9-3-4-11(10(6-9)12(18)20)19-5-1-2-8(7-19)13(15,16)17/h3-4,6,8H,1-2,5,7H2,(H2,18,20). The molecule has 2 nitrogen and oxygen atoms in total. The molecule has 0 bridgehead atoms. The van der Waals surface area contributed by atoms with E-state index in [1.165, 1.54) is 0 Å². The van der Waals surface area contributed by atoms with Crippen LogP contribution in [0.25, 0.3) is 0 Å². The molecule has 2 rings (SSSR count). The highest BCUT2D eigenvalue weighted by molar-refractivity contribution is 9.10. The van der Waals surface area contributed by atoms with Crippen molar-refractivity contribution in [3.05, 3.63) is 28.2 Å². The Kier molecular flexibility index (Phi) is 4.59. The number of hydrogen-bond donors (Lipinski definition) is 1. The van der Waals surface area contributed by atoms with Crippen LogP contribution < -0.4 is 10.6 Å².